The van der Waals surface area contributed by atoms with Crippen molar-refractivity contribution in [2.45, 2.75) is 31.8 Å². The maximum Gasteiger partial charge on any atom is 0.315 e. The third kappa shape index (κ3) is 4.63. The summed E-state index contributed by atoms with van der Waals surface area (Å²) in [5, 5.41) is 5.79. The number of carbonyl (C=O) groups excluding carboxylic acids is 2. The van der Waals surface area contributed by atoms with Gasteiger partial charge in [0, 0.05) is 19.5 Å². The molecule has 0 saturated carbocycles. The van der Waals surface area contributed by atoms with Gasteiger partial charge in [-0.25, -0.2) is 4.79 Å². The first kappa shape index (κ1) is 18.0. The highest BCUT2D eigenvalue weighted by atomic mass is 16.2. The summed E-state index contributed by atoms with van der Waals surface area (Å²) < 4.78 is 0. The Kier molecular flexibility index (Phi) is 5.89. The van der Waals surface area contributed by atoms with E-state index >= 15 is 0 Å². The van der Waals surface area contributed by atoms with Gasteiger partial charge in [0.15, 0.2) is 0 Å². The second-order valence-electron chi connectivity index (χ2n) is 6.67. The van der Waals surface area contributed by atoms with Crippen LogP contribution in [0.3, 0.4) is 0 Å². The average molecular weight is 351 g/mol. The Bertz CT molecular complexity index is 733. The summed E-state index contributed by atoms with van der Waals surface area (Å²) in [6.45, 7) is 3.14. The molecule has 0 radical (unpaired) electrons. The molecule has 1 heterocycles. The lowest BCUT2D eigenvalue weighted by Crippen LogP contribution is -2.44. The molecule has 1 aliphatic rings. The lowest BCUT2D eigenvalue weighted by molar-refractivity contribution is -0.129. The Morgan fingerprint density at radius 2 is 1.77 bits per heavy atom. The van der Waals surface area contributed by atoms with E-state index < -0.39 is 0 Å². The van der Waals surface area contributed by atoms with E-state index in [9.17, 15) is 9.59 Å². The van der Waals surface area contributed by atoms with Crippen molar-refractivity contribution in [3.05, 3.63) is 71.8 Å². The Balaban J connectivity index is 1.45. The zero-order valence-electron chi connectivity index (χ0n) is 15.0. The van der Waals surface area contributed by atoms with Gasteiger partial charge in [0.2, 0.25) is 5.91 Å². The van der Waals surface area contributed by atoms with E-state index in [1.54, 1.807) is 0 Å². The fourth-order valence-electron chi connectivity index (χ4n) is 3.32. The molecule has 2 N–H and O–H groups in total. The first-order valence-corrected chi connectivity index (χ1v) is 9.06. The van der Waals surface area contributed by atoms with Gasteiger partial charge >= 0.3 is 6.03 Å². The number of hydrogen-bond acceptors (Lipinski definition) is 2. The second kappa shape index (κ2) is 8.52. The van der Waals surface area contributed by atoms with Crippen molar-refractivity contribution in [3.8, 4) is 0 Å². The molecule has 2 atom stereocenters. The highest BCUT2D eigenvalue weighted by Crippen LogP contribution is 2.25. The molecule has 0 spiro atoms. The zero-order valence-corrected chi connectivity index (χ0v) is 15.0. The SMILES string of the molecule is CC(c1ccccc1)N1CC(NC(=O)NCCc2ccccc2)CC1=O. The second-order valence-corrected chi connectivity index (χ2v) is 6.67. The van der Waals surface area contributed by atoms with E-state index in [1.807, 2.05) is 72.5 Å². The van der Waals surface area contributed by atoms with Crippen LogP contribution in [0.15, 0.2) is 60.7 Å². The van der Waals surface area contributed by atoms with Gasteiger partial charge in [0.25, 0.3) is 0 Å². The number of rotatable bonds is 6. The predicted octanol–water partition coefficient (Wildman–Crippen LogP) is 2.89. The smallest absolute Gasteiger partial charge is 0.315 e. The fourth-order valence-corrected chi connectivity index (χ4v) is 3.32. The van der Waals surface area contributed by atoms with Crippen LogP contribution in [-0.2, 0) is 11.2 Å². The van der Waals surface area contributed by atoms with Crippen molar-refractivity contribution in [1.82, 2.24) is 15.5 Å². The lowest BCUT2D eigenvalue weighted by Gasteiger charge is -2.25. The summed E-state index contributed by atoms with van der Waals surface area (Å²) in [6, 6.07) is 19.6. The molecule has 2 unspecified atom stereocenters. The molecule has 26 heavy (non-hydrogen) atoms. The molecule has 2 aromatic rings. The van der Waals surface area contributed by atoms with Crippen molar-refractivity contribution < 1.29 is 9.59 Å². The third-order valence-corrected chi connectivity index (χ3v) is 4.79. The molecule has 2 aromatic carbocycles. The van der Waals surface area contributed by atoms with Crippen LogP contribution in [0.4, 0.5) is 4.79 Å². The largest absolute Gasteiger partial charge is 0.338 e. The first-order chi connectivity index (χ1) is 12.6. The minimum atomic E-state index is -0.215. The number of nitrogens with zero attached hydrogens (tertiary/aromatic N) is 1. The molecule has 0 aromatic heterocycles. The molecule has 0 aliphatic carbocycles. The van der Waals surface area contributed by atoms with Gasteiger partial charge < -0.3 is 15.5 Å². The number of carbonyl (C=O) groups is 2. The van der Waals surface area contributed by atoms with Crippen LogP contribution in [0.5, 0.6) is 0 Å². The van der Waals surface area contributed by atoms with Gasteiger partial charge in [0.1, 0.15) is 0 Å². The highest BCUT2D eigenvalue weighted by molar-refractivity contribution is 5.82. The number of benzene rings is 2. The molecular weight excluding hydrogens is 326 g/mol. The fraction of sp³-hybridized carbons (Fsp3) is 0.333. The summed E-state index contributed by atoms with van der Waals surface area (Å²) in [5.74, 6) is 0.0796. The molecule has 136 valence electrons. The van der Waals surface area contributed by atoms with Crippen LogP contribution in [0.1, 0.15) is 30.5 Å². The molecule has 5 nitrogen and oxygen atoms in total. The molecule has 1 aliphatic heterocycles. The highest BCUT2D eigenvalue weighted by Gasteiger charge is 2.33. The van der Waals surface area contributed by atoms with E-state index in [1.165, 1.54) is 5.56 Å². The van der Waals surface area contributed by atoms with Crippen molar-refractivity contribution in [2.75, 3.05) is 13.1 Å². The third-order valence-electron chi connectivity index (χ3n) is 4.79. The molecule has 1 saturated heterocycles. The van der Waals surface area contributed by atoms with E-state index in [-0.39, 0.29) is 24.0 Å². The topological polar surface area (TPSA) is 61.4 Å². The summed E-state index contributed by atoms with van der Waals surface area (Å²) in [5.41, 5.74) is 2.29. The van der Waals surface area contributed by atoms with Gasteiger partial charge in [-0.05, 0) is 24.5 Å². The van der Waals surface area contributed by atoms with Crippen molar-refractivity contribution in [2.24, 2.45) is 0 Å². The monoisotopic (exact) mass is 351 g/mol. The van der Waals surface area contributed by atoms with E-state index in [4.69, 9.17) is 0 Å². The van der Waals surface area contributed by atoms with E-state index in [0.717, 1.165) is 12.0 Å². The van der Waals surface area contributed by atoms with Crippen LogP contribution in [0.25, 0.3) is 0 Å². The maximum absolute atomic E-state index is 12.3. The molecule has 3 amide bonds. The number of hydrogen-bond donors (Lipinski definition) is 2. The minimum Gasteiger partial charge on any atom is -0.338 e. The van der Waals surface area contributed by atoms with Crippen LogP contribution < -0.4 is 10.6 Å². The Hall–Kier alpha value is -2.82. The summed E-state index contributed by atoms with van der Waals surface area (Å²) in [7, 11) is 0. The molecular formula is C21H25N3O2. The minimum absolute atomic E-state index is 0.0108. The number of nitrogens with one attached hydrogen (secondary N) is 2. The van der Waals surface area contributed by atoms with Gasteiger partial charge in [-0.2, -0.15) is 0 Å². The molecule has 0 bridgehead atoms. The predicted molar refractivity (Wildman–Crippen MR) is 102 cm³/mol. The number of amides is 3. The van der Waals surface area contributed by atoms with Crippen LogP contribution in [0.2, 0.25) is 0 Å². The van der Waals surface area contributed by atoms with Gasteiger partial charge in [-0.15, -0.1) is 0 Å². The van der Waals surface area contributed by atoms with Crippen molar-refractivity contribution in [3.63, 3.8) is 0 Å². The number of likely N-dealkylation sites (tertiary alicyclic amines) is 1. The Labute approximate surface area is 154 Å². The summed E-state index contributed by atoms with van der Waals surface area (Å²) >= 11 is 0. The zero-order chi connectivity index (χ0) is 18.4. The normalized spacial score (nSPS) is 17.8. The average Bonchev–Trinajstić information content (AvgIpc) is 3.02. The molecule has 1 fully saturated rings. The van der Waals surface area contributed by atoms with E-state index in [0.29, 0.717) is 19.5 Å². The first-order valence-electron chi connectivity index (χ1n) is 9.06. The van der Waals surface area contributed by atoms with Crippen LogP contribution in [0, 0.1) is 0 Å². The molecule has 3 rings (SSSR count). The van der Waals surface area contributed by atoms with Crippen LogP contribution >= 0.6 is 0 Å². The van der Waals surface area contributed by atoms with Crippen LogP contribution in [-0.4, -0.2) is 36.0 Å². The van der Waals surface area contributed by atoms with Crippen molar-refractivity contribution >= 4 is 11.9 Å². The summed E-state index contributed by atoms with van der Waals surface area (Å²) in [4.78, 5) is 26.3. The summed E-state index contributed by atoms with van der Waals surface area (Å²) in [6.07, 6.45) is 1.14. The lowest BCUT2D eigenvalue weighted by atomic mass is 10.1. The Morgan fingerprint density at radius 1 is 1.12 bits per heavy atom. The Morgan fingerprint density at radius 3 is 2.46 bits per heavy atom. The van der Waals surface area contributed by atoms with Gasteiger partial charge in [-0.3, -0.25) is 4.79 Å². The molecule has 5 heteroatoms. The van der Waals surface area contributed by atoms with Gasteiger partial charge in [0.05, 0.1) is 12.1 Å². The standard InChI is InChI=1S/C21H25N3O2/c1-16(18-10-6-3-7-11-18)24-15-19(14-20(24)25)23-21(26)22-13-12-17-8-4-2-5-9-17/h2-11,16,19H,12-15H2,1H3,(H2,22,23,26). The quantitative estimate of drug-likeness (QED) is 0.841. The maximum atomic E-state index is 12.3. The van der Waals surface area contributed by atoms with Crippen molar-refractivity contribution in [1.29, 1.82) is 0 Å². The van der Waals surface area contributed by atoms with E-state index in [2.05, 4.69) is 10.6 Å². The van der Waals surface area contributed by atoms with Gasteiger partial charge in [-0.1, -0.05) is 60.7 Å². The number of urea groups is 1.